The number of nitrogens with zero attached hydrogens (tertiary/aromatic N) is 1. The Bertz CT molecular complexity index is 1260. The fourth-order valence-electron chi connectivity index (χ4n) is 4.22. The Kier molecular flexibility index (Phi) is 4.90. The first kappa shape index (κ1) is 19.6. The van der Waals surface area contributed by atoms with E-state index in [2.05, 4.69) is 5.32 Å². The summed E-state index contributed by atoms with van der Waals surface area (Å²) in [6.07, 6.45) is 1.34. The predicted molar refractivity (Wildman–Crippen MR) is 118 cm³/mol. The molecular formula is C24H22N2O4S. The first-order chi connectivity index (χ1) is 15.0. The third kappa shape index (κ3) is 3.55. The van der Waals surface area contributed by atoms with Crippen molar-refractivity contribution in [2.45, 2.75) is 23.8 Å². The van der Waals surface area contributed by atoms with Crippen molar-refractivity contribution in [2.75, 3.05) is 17.5 Å². The van der Waals surface area contributed by atoms with Crippen molar-refractivity contribution in [1.82, 2.24) is 5.32 Å². The van der Waals surface area contributed by atoms with Crippen LogP contribution in [0, 0.1) is 0 Å². The molecule has 1 unspecified atom stereocenters. The van der Waals surface area contributed by atoms with Gasteiger partial charge in [-0.3, -0.25) is 9.10 Å². The van der Waals surface area contributed by atoms with Crippen LogP contribution in [0.3, 0.4) is 0 Å². The highest BCUT2D eigenvalue weighted by atomic mass is 32.2. The molecule has 0 saturated heterocycles. The van der Waals surface area contributed by atoms with Crippen molar-refractivity contribution in [3.8, 4) is 5.75 Å². The fraction of sp³-hybridized carbons (Fsp3) is 0.208. The number of para-hydroxylation sites is 2. The zero-order chi connectivity index (χ0) is 21.4. The molecule has 2 aliphatic heterocycles. The molecule has 0 aliphatic carbocycles. The zero-order valence-electron chi connectivity index (χ0n) is 16.8. The summed E-state index contributed by atoms with van der Waals surface area (Å²) in [6, 6.07) is 21.2. The minimum Gasteiger partial charge on any atom is -0.493 e. The molecule has 0 saturated carbocycles. The van der Waals surface area contributed by atoms with Gasteiger partial charge in [-0.05, 0) is 42.3 Å². The van der Waals surface area contributed by atoms with E-state index in [0.717, 1.165) is 16.9 Å². The molecular weight excluding hydrogens is 412 g/mol. The summed E-state index contributed by atoms with van der Waals surface area (Å²) in [5, 5.41) is 3.03. The van der Waals surface area contributed by atoms with Gasteiger partial charge in [0.1, 0.15) is 5.75 Å². The molecule has 31 heavy (non-hydrogen) atoms. The Morgan fingerprint density at radius 3 is 2.71 bits per heavy atom. The summed E-state index contributed by atoms with van der Waals surface area (Å²) in [7, 11) is -3.76. The van der Waals surface area contributed by atoms with Gasteiger partial charge in [0.25, 0.3) is 15.9 Å². The van der Waals surface area contributed by atoms with Crippen LogP contribution >= 0.6 is 0 Å². The largest absolute Gasteiger partial charge is 0.493 e. The van der Waals surface area contributed by atoms with E-state index in [4.69, 9.17) is 4.74 Å². The predicted octanol–water partition coefficient (Wildman–Crippen LogP) is 3.69. The SMILES string of the molecule is O=C(NC1CCOc2ccccc21)c1cccc(S(=O)(=O)N2CCc3ccccc32)c1. The maximum absolute atomic E-state index is 13.3. The Morgan fingerprint density at radius 2 is 1.81 bits per heavy atom. The van der Waals surface area contributed by atoms with E-state index in [1.54, 1.807) is 12.1 Å². The first-order valence-electron chi connectivity index (χ1n) is 10.3. The Labute approximate surface area is 181 Å². The molecule has 3 aromatic carbocycles. The molecule has 1 N–H and O–H groups in total. The Morgan fingerprint density at radius 1 is 1.00 bits per heavy atom. The highest BCUT2D eigenvalue weighted by molar-refractivity contribution is 7.92. The Hall–Kier alpha value is -3.32. The molecule has 2 heterocycles. The van der Waals surface area contributed by atoms with E-state index < -0.39 is 10.0 Å². The van der Waals surface area contributed by atoms with Crippen LogP contribution < -0.4 is 14.4 Å². The molecule has 2 aliphatic rings. The lowest BCUT2D eigenvalue weighted by Gasteiger charge is -2.26. The Balaban J connectivity index is 1.40. The molecule has 5 rings (SSSR count). The number of carbonyl (C=O) groups is 1. The molecule has 0 spiro atoms. The number of fused-ring (bicyclic) bond motifs is 2. The van der Waals surface area contributed by atoms with Crippen LogP contribution in [0.2, 0.25) is 0 Å². The lowest BCUT2D eigenvalue weighted by molar-refractivity contribution is 0.0924. The third-order valence-electron chi connectivity index (χ3n) is 5.79. The highest BCUT2D eigenvalue weighted by Crippen LogP contribution is 2.34. The van der Waals surface area contributed by atoms with Gasteiger partial charge in [0.2, 0.25) is 0 Å². The number of ether oxygens (including phenoxy) is 1. The van der Waals surface area contributed by atoms with E-state index in [9.17, 15) is 13.2 Å². The number of hydrogen-bond donors (Lipinski definition) is 1. The second kappa shape index (κ2) is 7.74. The van der Waals surface area contributed by atoms with Crippen LogP contribution in [-0.2, 0) is 16.4 Å². The number of anilines is 1. The molecule has 3 aromatic rings. The summed E-state index contributed by atoms with van der Waals surface area (Å²) in [5.41, 5.74) is 2.96. The number of sulfonamides is 1. The number of amides is 1. The van der Waals surface area contributed by atoms with Crippen molar-refractivity contribution in [2.24, 2.45) is 0 Å². The molecule has 7 heteroatoms. The molecule has 0 aromatic heterocycles. The molecule has 0 radical (unpaired) electrons. The molecule has 0 bridgehead atoms. The average Bonchev–Trinajstić information content (AvgIpc) is 3.24. The molecule has 1 atom stereocenters. The van der Waals surface area contributed by atoms with Gasteiger partial charge >= 0.3 is 0 Å². The van der Waals surface area contributed by atoms with Crippen LogP contribution in [-0.4, -0.2) is 27.5 Å². The summed E-state index contributed by atoms with van der Waals surface area (Å²) >= 11 is 0. The maximum atomic E-state index is 13.3. The smallest absolute Gasteiger partial charge is 0.264 e. The number of rotatable bonds is 4. The van der Waals surface area contributed by atoms with Gasteiger partial charge in [0, 0.05) is 24.1 Å². The van der Waals surface area contributed by atoms with Crippen molar-refractivity contribution in [3.05, 3.63) is 89.5 Å². The second-order valence-corrected chi connectivity index (χ2v) is 9.55. The van der Waals surface area contributed by atoms with Gasteiger partial charge in [-0.25, -0.2) is 8.42 Å². The van der Waals surface area contributed by atoms with Gasteiger partial charge in [-0.15, -0.1) is 0 Å². The number of nitrogens with one attached hydrogen (secondary N) is 1. The quantitative estimate of drug-likeness (QED) is 0.680. The second-order valence-electron chi connectivity index (χ2n) is 7.68. The minimum atomic E-state index is -3.76. The first-order valence-corrected chi connectivity index (χ1v) is 11.7. The van der Waals surface area contributed by atoms with Crippen LogP contribution in [0.5, 0.6) is 5.75 Å². The van der Waals surface area contributed by atoms with E-state index >= 15 is 0 Å². The third-order valence-corrected chi connectivity index (χ3v) is 7.60. The monoisotopic (exact) mass is 434 g/mol. The minimum absolute atomic E-state index is 0.115. The summed E-state index contributed by atoms with van der Waals surface area (Å²) in [5.74, 6) is 0.462. The van der Waals surface area contributed by atoms with Crippen molar-refractivity contribution in [1.29, 1.82) is 0 Å². The average molecular weight is 435 g/mol. The van der Waals surface area contributed by atoms with Gasteiger partial charge in [-0.1, -0.05) is 42.5 Å². The van der Waals surface area contributed by atoms with Gasteiger partial charge in [0.15, 0.2) is 0 Å². The maximum Gasteiger partial charge on any atom is 0.264 e. The lowest BCUT2D eigenvalue weighted by Crippen LogP contribution is -2.32. The van der Waals surface area contributed by atoms with E-state index in [-0.39, 0.29) is 16.8 Å². The zero-order valence-corrected chi connectivity index (χ0v) is 17.6. The topological polar surface area (TPSA) is 75.7 Å². The van der Waals surface area contributed by atoms with Crippen molar-refractivity contribution >= 4 is 21.6 Å². The standard InChI is InChI=1S/C24H22N2O4S/c27-24(25-21-13-15-30-23-11-4-2-9-20(21)23)18-7-5-8-19(16-18)31(28,29)26-14-12-17-6-1-3-10-22(17)26/h1-11,16,21H,12-15H2,(H,25,27). The van der Waals surface area contributed by atoms with Crippen LogP contribution in [0.1, 0.15) is 33.9 Å². The van der Waals surface area contributed by atoms with E-state index in [1.165, 1.54) is 16.4 Å². The fourth-order valence-corrected chi connectivity index (χ4v) is 5.77. The number of hydrogen-bond acceptors (Lipinski definition) is 4. The van der Waals surface area contributed by atoms with Crippen LogP contribution in [0.4, 0.5) is 5.69 Å². The summed E-state index contributed by atoms with van der Waals surface area (Å²) in [6.45, 7) is 0.918. The molecule has 1 amide bonds. The summed E-state index contributed by atoms with van der Waals surface area (Å²) < 4.78 is 33.7. The number of carbonyl (C=O) groups excluding carboxylic acids is 1. The lowest BCUT2D eigenvalue weighted by atomic mass is 10.00. The van der Waals surface area contributed by atoms with Crippen LogP contribution in [0.15, 0.2) is 77.7 Å². The molecule has 0 fully saturated rings. The van der Waals surface area contributed by atoms with E-state index in [1.807, 2.05) is 48.5 Å². The van der Waals surface area contributed by atoms with Gasteiger partial charge in [-0.2, -0.15) is 0 Å². The highest BCUT2D eigenvalue weighted by Gasteiger charge is 2.31. The van der Waals surface area contributed by atoms with E-state index in [0.29, 0.717) is 37.2 Å². The summed E-state index contributed by atoms with van der Waals surface area (Å²) in [4.78, 5) is 13.1. The van der Waals surface area contributed by atoms with Gasteiger partial charge < -0.3 is 10.1 Å². The number of benzene rings is 3. The van der Waals surface area contributed by atoms with Crippen molar-refractivity contribution in [3.63, 3.8) is 0 Å². The molecule has 6 nitrogen and oxygen atoms in total. The van der Waals surface area contributed by atoms with Gasteiger partial charge in [0.05, 0.1) is 23.2 Å². The van der Waals surface area contributed by atoms with Crippen LogP contribution in [0.25, 0.3) is 0 Å². The normalized spacial score (nSPS) is 17.4. The molecule has 158 valence electrons. The van der Waals surface area contributed by atoms with Crippen molar-refractivity contribution < 1.29 is 17.9 Å².